The third-order valence-corrected chi connectivity index (χ3v) is 5.03. The monoisotopic (exact) mass is 364 g/mol. The van der Waals surface area contributed by atoms with E-state index < -0.39 is 22.7 Å². The van der Waals surface area contributed by atoms with E-state index in [0.717, 1.165) is 43.4 Å². The van der Waals surface area contributed by atoms with Gasteiger partial charge in [0.15, 0.2) is 5.78 Å². The number of alkyl halides is 3. The minimum atomic E-state index is -4.39. The van der Waals surface area contributed by atoms with Gasteiger partial charge in [0.25, 0.3) is 5.56 Å². The van der Waals surface area contributed by atoms with Crippen LogP contribution in [0.3, 0.4) is 0 Å². The number of nitrogens with one attached hydrogen (secondary N) is 1. The van der Waals surface area contributed by atoms with E-state index in [9.17, 15) is 22.8 Å². The van der Waals surface area contributed by atoms with E-state index in [1.807, 2.05) is 0 Å². The molecule has 1 heterocycles. The van der Waals surface area contributed by atoms with Crippen LogP contribution in [0.1, 0.15) is 59.5 Å². The Kier molecular flexibility index (Phi) is 4.73. The second-order valence-corrected chi connectivity index (χ2v) is 6.88. The average Bonchev–Trinajstić information content (AvgIpc) is 3.03. The van der Waals surface area contributed by atoms with Crippen molar-refractivity contribution >= 4 is 5.78 Å². The molecule has 0 bridgehead atoms. The van der Waals surface area contributed by atoms with Gasteiger partial charge in [-0.2, -0.15) is 13.2 Å². The Balaban J connectivity index is 1.91. The molecular formula is C19H19F3N2O2. The molecule has 1 aromatic heterocycles. The van der Waals surface area contributed by atoms with Gasteiger partial charge < -0.3 is 4.98 Å². The highest BCUT2D eigenvalue weighted by molar-refractivity contribution is 5.95. The van der Waals surface area contributed by atoms with Gasteiger partial charge in [-0.25, -0.2) is 4.98 Å². The molecule has 0 saturated heterocycles. The molecule has 1 saturated carbocycles. The maximum atomic E-state index is 12.8. The van der Waals surface area contributed by atoms with Crippen molar-refractivity contribution in [3.63, 3.8) is 0 Å². The first-order valence-corrected chi connectivity index (χ1v) is 8.49. The van der Waals surface area contributed by atoms with Crippen LogP contribution in [0.4, 0.5) is 13.2 Å². The van der Waals surface area contributed by atoms with Crippen molar-refractivity contribution in [2.24, 2.45) is 0 Å². The van der Waals surface area contributed by atoms with Gasteiger partial charge in [-0.3, -0.25) is 9.59 Å². The number of rotatable bonds is 4. The molecule has 1 aromatic carbocycles. The topological polar surface area (TPSA) is 62.8 Å². The summed E-state index contributed by atoms with van der Waals surface area (Å²) in [5, 5.41) is 0. The summed E-state index contributed by atoms with van der Waals surface area (Å²) in [5.41, 5.74) is -0.759. The van der Waals surface area contributed by atoms with Gasteiger partial charge in [0.2, 0.25) is 0 Å². The fourth-order valence-electron chi connectivity index (χ4n) is 3.75. The maximum absolute atomic E-state index is 12.8. The second-order valence-electron chi connectivity index (χ2n) is 6.88. The van der Waals surface area contributed by atoms with Gasteiger partial charge in [-0.15, -0.1) is 0 Å². The molecule has 2 aromatic rings. The van der Waals surface area contributed by atoms with E-state index in [-0.39, 0.29) is 17.9 Å². The van der Waals surface area contributed by atoms with Gasteiger partial charge in [0.1, 0.15) is 11.5 Å². The van der Waals surface area contributed by atoms with Crippen LogP contribution in [0.25, 0.3) is 0 Å². The van der Waals surface area contributed by atoms with E-state index in [2.05, 4.69) is 9.97 Å². The fraction of sp³-hybridized carbons (Fsp3) is 0.421. The van der Waals surface area contributed by atoms with E-state index in [4.69, 9.17) is 0 Å². The lowest BCUT2D eigenvalue weighted by molar-refractivity contribution is -0.137. The Morgan fingerprint density at radius 3 is 2.35 bits per heavy atom. The van der Waals surface area contributed by atoms with Crippen molar-refractivity contribution in [2.75, 3.05) is 0 Å². The summed E-state index contributed by atoms with van der Waals surface area (Å²) in [5.74, 6) is 0.0943. The number of carbonyl (C=O) groups excluding carboxylic acids is 1. The summed E-state index contributed by atoms with van der Waals surface area (Å²) in [7, 11) is 0. The summed E-state index contributed by atoms with van der Waals surface area (Å²) >= 11 is 0. The smallest absolute Gasteiger partial charge is 0.311 e. The number of aromatic nitrogens is 2. The molecule has 4 nitrogen and oxygen atoms in total. The molecule has 1 N–H and O–H groups in total. The number of aryl methyl sites for hydroxylation is 1. The number of hydrogen-bond donors (Lipinski definition) is 1. The van der Waals surface area contributed by atoms with Crippen molar-refractivity contribution in [3.05, 3.63) is 63.3 Å². The van der Waals surface area contributed by atoms with Crippen LogP contribution in [0, 0.1) is 6.92 Å². The molecular weight excluding hydrogens is 345 g/mol. The summed E-state index contributed by atoms with van der Waals surface area (Å²) in [6.07, 6.45) is -0.969. The number of aromatic amines is 1. The van der Waals surface area contributed by atoms with E-state index in [1.54, 1.807) is 6.92 Å². The molecule has 0 aliphatic heterocycles. The molecule has 138 valence electrons. The lowest BCUT2D eigenvalue weighted by atomic mass is 9.74. The molecule has 0 radical (unpaired) electrons. The van der Waals surface area contributed by atoms with Crippen LogP contribution >= 0.6 is 0 Å². The summed E-state index contributed by atoms with van der Waals surface area (Å²) in [4.78, 5) is 30.9. The van der Waals surface area contributed by atoms with Crippen LogP contribution in [0.15, 0.2) is 35.1 Å². The zero-order chi connectivity index (χ0) is 18.9. The molecule has 3 rings (SSSR count). The number of carbonyl (C=O) groups is 1. The third-order valence-electron chi connectivity index (χ3n) is 5.03. The van der Waals surface area contributed by atoms with Crippen LogP contribution in [-0.4, -0.2) is 15.8 Å². The zero-order valence-corrected chi connectivity index (χ0v) is 14.3. The Morgan fingerprint density at radius 1 is 1.19 bits per heavy atom. The minimum absolute atomic E-state index is 0.101. The van der Waals surface area contributed by atoms with Crippen molar-refractivity contribution < 1.29 is 18.0 Å². The van der Waals surface area contributed by atoms with Gasteiger partial charge in [-0.1, -0.05) is 25.0 Å². The summed E-state index contributed by atoms with van der Waals surface area (Å²) in [6, 6.07) is 6.24. The average molecular weight is 364 g/mol. The van der Waals surface area contributed by atoms with E-state index in [0.29, 0.717) is 5.82 Å². The van der Waals surface area contributed by atoms with Crippen molar-refractivity contribution in [1.29, 1.82) is 0 Å². The number of hydrogen-bond acceptors (Lipinski definition) is 3. The number of nitrogens with zero attached hydrogens (tertiary/aromatic N) is 1. The van der Waals surface area contributed by atoms with Gasteiger partial charge in [0.05, 0.1) is 5.56 Å². The molecule has 0 unspecified atom stereocenters. The van der Waals surface area contributed by atoms with E-state index >= 15 is 0 Å². The van der Waals surface area contributed by atoms with Gasteiger partial charge in [0, 0.05) is 17.9 Å². The Bertz CT molecular complexity index is 864. The first-order chi connectivity index (χ1) is 12.2. The predicted molar refractivity (Wildman–Crippen MR) is 90.1 cm³/mol. The molecule has 7 heteroatoms. The molecule has 0 atom stereocenters. The number of benzene rings is 1. The van der Waals surface area contributed by atoms with Crippen molar-refractivity contribution in [3.8, 4) is 0 Å². The predicted octanol–water partition coefficient (Wildman–Crippen LogP) is 4.18. The second kappa shape index (κ2) is 6.70. The van der Waals surface area contributed by atoms with Crippen LogP contribution in [0.5, 0.6) is 0 Å². The molecule has 1 fully saturated rings. The number of ketones is 1. The largest absolute Gasteiger partial charge is 0.416 e. The van der Waals surface area contributed by atoms with Gasteiger partial charge >= 0.3 is 6.18 Å². The highest BCUT2D eigenvalue weighted by atomic mass is 19.4. The Hall–Kier alpha value is -2.44. The molecule has 0 spiro atoms. The van der Waals surface area contributed by atoms with Gasteiger partial charge in [-0.05, 0) is 37.5 Å². The third kappa shape index (κ3) is 3.71. The highest BCUT2D eigenvalue weighted by Crippen LogP contribution is 2.45. The summed E-state index contributed by atoms with van der Waals surface area (Å²) < 4.78 is 38.4. The SMILES string of the molecule is Cc1nc(C(=O)CC2(c3ccc(C(F)(F)F)cc3)CCCC2)cc(=O)[nH]1. The quantitative estimate of drug-likeness (QED) is 0.828. The lowest BCUT2D eigenvalue weighted by Crippen LogP contribution is -2.27. The highest BCUT2D eigenvalue weighted by Gasteiger charge is 2.39. The van der Waals surface area contributed by atoms with Crippen molar-refractivity contribution in [1.82, 2.24) is 9.97 Å². The molecule has 1 aliphatic rings. The lowest BCUT2D eigenvalue weighted by Gasteiger charge is -2.29. The zero-order valence-electron chi connectivity index (χ0n) is 14.3. The molecule has 26 heavy (non-hydrogen) atoms. The Morgan fingerprint density at radius 2 is 1.81 bits per heavy atom. The van der Waals surface area contributed by atoms with Crippen LogP contribution < -0.4 is 5.56 Å². The fourth-order valence-corrected chi connectivity index (χ4v) is 3.75. The molecule has 0 amide bonds. The number of Topliss-reactive ketones (excluding diaryl/α,β-unsaturated/α-hetero) is 1. The summed E-state index contributed by atoms with van der Waals surface area (Å²) in [6.45, 7) is 1.60. The number of H-pyrrole nitrogens is 1. The number of halogens is 3. The first kappa shape index (κ1) is 18.4. The standard InChI is InChI=1S/C19H19F3N2O2/c1-12-23-15(10-17(26)24-12)16(25)11-18(8-2-3-9-18)13-4-6-14(7-5-13)19(20,21)22/h4-7,10H,2-3,8-9,11H2,1H3,(H,23,24,26). The van der Waals surface area contributed by atoms with Crippen molar-refractivity contribution in [2.45, 2.75) is 50.6 Å². The Labute approximate surface area is 148 Å². The minimum Gasteiger partial charge on any atom is -0.311 e. The van der Waals surface area contributed by atoms with E-state index in [1.165, 1.54) is 18.2 Å². The van der Waals surface area contributed by atoms with Crippen LogP contribution in [0.2, 0.25) is 0 Å². The van der Waals surface area contributed by atoms with Crippen LogP contribution in [-0.2, 0) is 11.6 Å². The first-order valence-electron chi connectivity index (χ1n) is 8.49. The molecule has 1 aliphatic carbocycles. The normalized spacial score (nSPS) is 16.6. The maximum Gasteiger partial charge on any atom is 0.416 e.